The van der Waals surface area contributed by atoms with E-state index in [1.807, 2.05) is 0 Å². The van der Waals surface area contributed by atoms with Crippen molar-refractivity contribution in [3.63, 3.8) is 0 Å². The maximum absolute atomic E-state index is 13.5. The lowest BCUT2D eigenvalue weighted by Gasteiger charge is -2.10. The molecule has 98 valence electrons. The van der Waals surface area contributed by atoms with Gasteiger partial charge >= 0.3 is 0 Å². The van der Waals surface area contributed by atoms with Gasteiger partial charge in [-0.05, 0) is 18.6 Å². The molecule has 1 atom stereocenters. The van der Waals surface area contributed by atoms with Gasteiger partial charge in [0.2, 0.25) is 5.91 Å². The number of rotatable bonds is 4. The summed E-state index contributed by atoms with van der Waals surface area (Å²) in [5.41, 5.74) is 0.249. The molecule has 1 aromatic rings. The van der Waals surface area contributed by atoms with Gasteiger partial charge in [0.15, 0.2) is 0 Å². The van der Waals surface area contributed by atoms with Crippen LogP contribution in [0.3, 0.4) is 0 Å². The number of carbonyl (C=O) groups excluding carboxylic acids is 1. The van der Waals surface area contributed by atoms with Gasteiger partial charge in [0.05, 0.1) is 13.0 Å². The molecule has 1 saturated heterocycles. The third-order valence-corrected chi connectivity index (χ3v) is 3.37. The standard InChI is InChI=1S/C13H15ClFNO2/c14-11-2-1-3-12(15)10(11)6-13(17)16-7-9-4-5-18-8-9/h1-3,9H,4-8H2,(H,16,17)/t9-/m1/s1. The Hall–Kier alpha value is -1.13. The Morgan fingerprint density at radius 2 is 2.39 bits per heavy atom. The van der Waals surface area contributed by atoms with E-state index in [0.29, 0.717) is 19.1 Å². The molecule has 0 radical (unpaired) electrons. The number of benzene rings is 1. The zero-order valence-corrected chi connectivity index (χ0v) is 10.7. The molecule has 2 rings (SSSR count). The Labute approximate surface area is 110 Å². The smallest absolute Gasteiger partial charge is 0.224 e. The molecular weight excluding hydrogens is 257 g/mol. The molecular formula is C13H15ClFNO2. The van der Waals surface area contributed by atoms with Crippen molar-refractivity contribution >= 4 is 17.5 Å². The van der Waals surface area contributed by atoms with Crippen molar-refractivity contribution in [2.75, 3.05) is 19.8 Å². The number of halogens is 2. The van der Waals surface area contributed by atoms with E-state index in [0.717, 1.165) is 13.0 Å². The van der Waals surface area contributed by atoms with Gasteiger partial charge in [-0.2, -0.15) is 0 Å². The first-order valence-electron chi connectivity index (χ1n) is 5.94. The minimum absolute atomic E-state index is 0.0287. The summed E-state index contributed by atoms with van der Waals surface area (Å²) in [6.07, 6.45) is 0.930. The molecule has 1 fully saturated rings. The maximum Gasteiger partial charge on any atom is 0.224 e. The Balaban J connectivity index is 1.86. The molecule has 18 heavy (non-hydrogen) atoms. The van der Waals surface area contributed by atoms with Gasteiger partial charge in [0.1, 0.15) is 5.82 Å². The van der Waals surface area contributed by atoms with Crippen LogP contribution in [0.2, 0.25) is 5.02 Å². The van der Waals surface area contributed by atoms with Crippen molar-refractivity contribution in [3.05, 3.63) is 34.6 Å². The van der Waals surface area contributed by atoms with Crippen molar-refractivity contribution in [1.82, 2.24) is 5.32 Å². The van der Waals surface area contributed by atoms with Gasteiger partial charge in [-0.15, -0.1) is 0 Å². The third-order valence-electron chi connectivity index (χ3n) is 3.01. The lowest BCUT2D eigenvalue weighted by Crippen LogP contribution is -2.31. The van der Waals surface area contributed by atoms with Gasteiger partial charge in [-0.1, -0.05) is 17.7 Å². The van der Waals surface area contributed by atoms with Crippen molar-refractivity contribution in [3.8, 4) is 0 Å². The highest BCUT2D eigenvalue weighted by Crippen LogP contribution is 2.19. The number of nitrogens with one attached hydrogen (secondary N) is 1. The topological polar surface area (TPSA) is 38.3 Å². The normalized spacial score (nSPS) is 18.9. The van der Waals surface area contributed by atoms with Crippen LogP contribution >= 0.6 is 11.6 Å². The van der Waals surface area contributed by atoms with Crippen LogP contribution in [-0.4, -0.2) is 25.7 Å². The van der Waals surface area contributed by atoms with E-state index >= 15 is 0 Å². The summed E-state index contributed by atoms with van der Waals surface area (Å²) in [5, 5.41) is 3.07. The van der Waals surface area contributed by atoms with E-state index in [-0.39, 0.29) is 22.9 Å². The molecule has 0 aliphatic carbocycles. The molecule has 1 N–H and O–H groups in total. The number of amides is 1. The van der Waals surface area contributed by atoms with Crippen LogP contribution in [0.4, 0.5) is 4.39 Å². The molecule has 0 unspecified atom stereocenters. The SMILES string of the molecule is O=C(Cc1c(F)cccc1Cl)NC[C@H]1CCOC1. The van der Waals surface area contributed by atoms with Crippen molar-refractivity contribution in [2.45, 2.75) is 12.8 Å². The molecule has 0 aromatic heterocycles. The van der Waals surface area contributed by atoms with Gasteiger partial charge in [-0.25, -0.2) is 4.39 Å². The van der Waals surface area contributed by atoms with Crippen LogP contribution in [0.1, 0.15) is 12.0 Å². The van der Waals surface area contributed by atoms with Gasteiger partial charge in [0, 0.05) is 29.7 Å². The Morgan fingerprint density at radius 3 is 3.06 bits per heavy atom. The first-order chi connectivity index (χ1) is 8.66. The average molecular weight is 272 g/mol. The van der Waals surface area contributed by atoms with E-state index in [4.69, 9.17) is 16.3 Å². The fourth-order valence-corrected chi connectivity index (χ4v) is 2.16. The van der Waals surface area contributed by atoms with Gasteiger partial charge in [0.25, 0.3) is 0 Å². The third kappa shape index (κ3) is 3.43. The zero-order valence-electron chi connectivity index (χ0n) is 9.92. The summed E-state index contributed by atoms with van der Waals surface area (Å²) >= 11 is 5.86. The maximum atomic E-state index is 13.5. The molecule has 0 bridgehead atoms. The lowest BCUT2D eigenvalue weighted by atomic mass is 10.1. The fourth-order valence-electron chi connectivity index (χ4n) is 1.93. The summed E-state index contributed by atoms with van der Waals surface area (Å²) in [6, 6.07) is 4.41. The van der Waals surface area contributed by atoms with E-state index in [9.17, 15) is 9.18 Å². The van der Waals surface area contributed by atoms with Gasteiger partial charge in [-0.3, -0.25) is 4.79 Å². The highest BCUT2D eigenvalue weighted by Gasteiger charge is 2.17. The predicted octanol–water partition coefficient (Wildman–Crippen LogP) is 2.17. The first kappa shape index (κ1) is 13.3. The zero-order chi connectivity index (χ0) is 13.0. The Morgan fingerprint density at radius 1 is 1.56 bits per heavy atom. The molecule has 5 heteroatoms. The van der Waals surface area contributed by atoms with Gasteiger partial charge < -0.3 is 10.1 Å². The lowest BCUT2D eigenvalue weighted by molar-refractivity contribution is -0.120. The summed E-state index contributed by atoms with van der Waals surface area (Å²) in [7, 11) is 0. The van der Waals surface area contributed by atoms with Crippen molar-refractivity contribution in [2.24, 2.45) is 5.92 Å². The summed E-state index contributed by atoms with van der Waals surface area (Å²) in [5.74, 6) is -0.291. The number of hydrogen-bond donors (Lipinski definition) is 1. The fraction of sp³-hybridized carbons (Fsp3) is 0.462. The van der Waals surface area contributed by atoms with Crippen LogP contribution in [0, 0.1) is 11.7 Å². The van der Waals surface area contributed by atoms with Crippen molar-refractivity contribution < 1.29 is 13.9 Å². The summed E-state index contributed by atoms with van der Waals surface area (Å²) in [4.78, 5) is 11.7. The van der Waals surface area contributed by atoms with Crippen LogP contribution in [0.5, 0.6) is 0 Å². The molecule has 0 spiro atoms. The molecule has 3 nitrogen and oxygen atoms in total. The van der Waals surface area contributed by atoms with E-state index < -0.39 is 5.82 Å². The number of hydrogen-bond acceptors (Lipinski definition) is 2. The highest BCUT2D eigenvalue weighted by molar-refractivity contribution is 6.31. The summed E-state index contributed by atoms with van der Waals surface area (Å²) in [6.45, 7) is 2.01. The second kappa shape index (κ2) is 6.16. The molecule has 1 aromatic carbocycles. The minimum atomic E-state index is -0.443. The number of ether oxygens (including phenoxy) is 1. The second-order valence-corrected chi connectivity index (χ2v) is 4.82. The van der Waals surface area contributed by atoms with Crippen LogP contribution in [0.15, 0.2) is 18.2 Å². The predicted molar refractivity (Wildman–Crippen MR) is 67.0 cm³/mol. The Bertz CT molecular complexity index is 413. The van der Waals surface area contributed by atoms with Crippen molar-refractivity contribution in [1.29, 1.82) is 0 Å². The quantitative estimate of drug-likeness (QED) is 0.912. The Kier molecular flexibility index (Phi) is 4.55. The largest absolute Gasteiger partial charge is 0.381 e. The molecule has 1 heterocycles. The summed E-state index contributed by atoms with van der Waals surface area (Å²) < 4.78 is 18.7. The van der Waals surface area contributed by atoms with E-state index in [1.54, 1.807) is 6.07 Å². The average Bonchev–Trinajstić information content (AvgIpc) is 2.84. The van der Waals surface area contributed by atoms with Crippen LogP contribution in [0.25, 0.3) is 0 Å². The van der Waals surface area contributed by atoms with E-state index in [1.165, 1.54) is 12.1 Å². The molecule has 1 aliphatic rings. The molecule has 0 saturated carbocycles. The monoisotopic (exact) mass is 271 g/mol. The van der Waals surface area contributed by atoms with E-state index in [2.05, 4.69) is 5.32 Å². The highest BCUT2D eigenvalue weighted by atomic mass is 35.5. The molecule has 1 aliphatic heterocycles. The number of carbonyl (C=O) groups is 1. The second-order valence-electron chi connectivity index (χ2n) is 4.41. The van der Waals surface area contributed by atoms with Crippen LogP contribution < -0.4 is 5.32 Å². The molecule has 1 amide bonds. The van der Waals surface area contributed by atoms with Crippen LogP contribution in [-0.2, 0) is 16.0 Å². The first-order valence-corrected chi connectivity index (χ1v) is 6.32. The minimum Gasteiger partial charge on any atom is -0.381 e.